The largest absolute Gasteiger partial charge is 0.479 e. The van der Waals surface area contributed by atoms with Crippen LogP contribution in [0.15, 0.2) is 0 Å². The summed E-state index contributed by atoms with van der Waals surface area (Å²) in [6.07, 6.45) is -2.39. The van der Waals surface area contributed by atoms with E-state index in [1.54, 1.807) is 34.6 Å². The average molecular weight is 247 g/mol. The summed E-state index contributed by atoms with van der Waals surface area (Å²) in [4.78, 5) is 22.1. The van der Waals surface area contributed by atoms with Crippen LogP contribution in [0.5, 0.6) is 0 Å². The average Bonchev–Trinajstić information content (AvgIpc) is 2.09. The van der Waals surface area contributed by atoms with Crippen molar-refractivity contribution in [1.82, 2.24) is 5.32 Å². The first-order chi connectivity index (χ1) is 7.54. The molecule has 17 heavy (non-hydrogen) atoms. The molecule has 0 aromatic carbocycles. The van der Waals surface area contributed by atoms with E-state index in [-0.39, 0.29) is 5.92 Å². The number of aliphatic hydroxyl groups excluding tert-OH is 1. The van der Waals surface area contributed by atoms with Crippen LogP contribution in [-0.2, 0) is 9.53 Å². The third-order valence-corrected chi connectivity index (χ3v) is 1.99. The third kappa shape index (κ3) is 6.11. The van der Waals surface area contributed by atoms with E-state index >= 15 is 0 Å². The van der Waals surface area contributed by atoms with Crippen molar-refractivity contribution in [3.63, 3.8) is 0 Å². The monoisotopic (exact) mass is 247 g/mol. The molecule has 2 atom stereocenters. The molecule has 6 heteroatoms. The maximum atomic E-state index is 11.5. The van der Waals surface area contributed by atoms with Crippen LogP contribution >= 0.6 is 0 Å². The highest BCUT2D eigenvalue weighted by Gasteiger charge is 2.31. The lowest BCUT2D eigenvalue weighted by Gasteiger charge is -2.27. The van der Waals surface area contributed by atoms with Crippen LogP contribution in [0.2, 0.25) is 0 Å². The zero-order chi connectivity index (χ0) is 13.8. The Morgan fingerprint density at radius 1 is 1.24 bits per heavy atom. The first-order valence-electron chi connectivity index (χ1n) is 5.45. The number of aliphatic carboxylic acids is 1. The van der Waals surface area contributed by atoms with Gasteiger partial charge < -0.3 is 20.3 Å². The quantitative estimate of drug-likeness (QED) is 0.688. The third-order valence-electron chi connectivity index (χ3n) is 1.99. The minimum Gasteiger partial charge on any atom is -0.479 e. The van der Waals surface area contributed by atoms with Gasteiger partial charge in [-0.2, -0.15) is 0 Å². The number of aliphatic hydroxyl groups is 1. The maximum absolute atomic E-state index is 11.5. The molecule has 0 aliphatic heterocycles. The molecule has 3 N–H and O–H groups in total. The van der Waals surface area contributed by atoms with E-state index in [2.05, 4.69) is 5.32 Å². The van der Waals surface area contributed by atoms with Gasteiger partial charge in [0.25, 0.3) is 0 Å². The Morgan fingerprint density at radius 3 is 2.00 bits per heavy atom. The second kappa shape index (κ2) is 5.86. The molecule has 0 unspecified atom stereocenters. The van der Waals surface area contributed by atoms with Gasteiger partial charge in [-0.1, -0.05) is 13.8 Å². The number of alkyl carbamates (subject to hydrolysis) is 1. The molecule has 100 valence electrons. The van der Waals surface area contributed by atoms with Gasteiger partial charge in [0, 0.05) is 0 Å². The second-order valence-corrected chi connectivity index (χ2v) is 5.20. The first kappa shape index (κ1) is 15.7. The summed E-state index contributed by atoms with van der Waals surface area (Å²) in [5.41, 5.74) is -0.667. The van der Waals surface area contributed by atoms with E-state index in [1.807, 2.05) is 0 Å². The molecule has 6 nitrogen and oxygen atoms in total. The number of hydrogen-bond acceptors (Lipinski definition) is 4. The molecule has 1 amide bonds. The fourth-order valence-corrected chi connectivity index (χ4v) is 1.21. The summed E-state index contributed by atoms with van der Waals surface area (Å²) in [5.74, 6) is -1.60. The van der Waals surface area contributed by atoms with Gasteiger partial charge in [-0.15, -0.1) is 0 Å². The van der Waals surface area contributed by atoms with Crippen LogP contribution in [-0.4, -0.2) is 40.0 Å². The van der Waals surface area contributed by atoms with Gasteiger partial charge in [-0.3, -0.25) is 0 Å². The molecule has 0 aromatic rings. The maximum Gasteiger partial charge on any atom is 0.407 e. The molecule has 0 aromatic heterocycles. The molecule has 0 aliphatic rings. The highest BCUT2D eigenvalue weighted by Crippen LogP contribution is 2.11. The molecule has 0 fully saturated rings. The Balaban J connectivity index is 4.57. The Labute approximate surface area is 101 Å². The highest BCUT2D eigenvalue weighted by molar-refractivity contribution is 5.75. The number of carbonyl (C=O) groups excluding carboxylic acids is 1. The van der Waals surface area contributed by atoms with Crippen LogP contribution in [0.1, 0.15) is 34.6 Å². The second-order valence-electron chi connectivity index (χ2n) is 5.20. The van der Waals surface area contributed by atoms with Crippen LogP contribution < -0.4 is 5.32 Å². The van der Waals surface area contributed by atoms with Gasteiger partial charge in [-0.05, 0) is 26.7 Å². The van der Waals surface area contributed by atoms with Gasteiger partial charge in [0.05, 0.1) is 6.04 Å². The molecule has 0 heterocycles. The Kier molecular flexibility index (Phi) is 5.41. The summed E-state index contributed by atoms with van der Waals surface area (Å²) in [6.45, 7) is 8.50. The van der Waals surface area contributed by atoms with Gasteiger partial charge >= 0.3 is 12.1 Å². The van der Waals surface area contributed by atoms with E-state index < -0.39 is 29.8 Å². The first-order valence-corrected chi connectivity index (χ1v) is 5.45. The highest BCUT2D eigenvalue weighted by atomic mass is 16.6. The number of rotatable bonds is 4. The lowest BCUT2D eigenvalue weighted by atomic mass is 9.99. The van der Waals surface area contributed by atoms with Gasteiger partial charge in [0.2, 0.25) is 0 Å². The van der Waals surface area contributed by atoms with E-state index in [4.69, 9.17) is 9.84 Å². The number of ether oxygens (including phenoxy) is 1. The Hall–Kier alpha value is -1.30. The van der Waals surface area contributed by atoms with Gasteiger partial charge in [-0.25, -0.2) is 9.59 Å². The van der Waals surface area contributed by atoms with Crippen molar-refractivity contribution < 1.29 is 24.5 Å². The van der Waals surface area contributed by atoms with Crippen molar-refractivity contribution in [2.24, 2.45) is 5.92 Å². The van der Waals surface area contributed by atoms with Crippen LogP contribution in [0, 0.1) is 5.92 Å². The predicted octanol–water partition coefficient (Wildman–Crippen LogP) is 0.981. The van der Waals surface area contributed by atoms with Crippen LogP contribution in [0.25, 0.3) is 0 Å². The summed E-state index contributed by atoms with van der Waals surface area (Å²) in [5, 5.41) is 20.5. The molecule has 0 radical (unpaired) electrons. The molecule has 0 spiro atoms. The topological polar surface area (TPSA) is 95.9 Å². The van der Waals surface area contributed by atoms with Crippen LogP contribution in [0.4, 0.5) is 4.79 Å². The number of amides is 1. The van der Waals surface area contributed by atoms with Crippen molar-refractivity contribution >= 4 is 12.1 Å². The molecule has 0 aliphatic carbocycles. The summed E-state index contributed by atoms with van der Waals surface area (Å²) in [7, 11) is 0. The summed E-state index contributed by atoms with van der Waals surface area (Å²) < 4.78 is 4.99. The number of carboxylic acids is 1. The fraction of sp³-hybridized carbons (Fsp3) is 0.818. The van der Waals surface area contributed by atoms with E-state index in [0.29, 0.717) is 0 Å². The Morgan fingerprint density at radius 2 is 1.71 bits per heavy atom. The zero-order valence-corrected chi connectivity index (χ0v) is 10.9. The minimum atomic E-state index is -1.65. The number of nitrogens with one attached hydrogen (secondary N) is 1. The number of carboxylic acid groups (broad SMARTS) is 1. The molecule has 0 saturated heterocycles. The van der Waals surface area contributed by atoms with E-state index in [9.17, 15) is 14.7 Å². The number of carbonyl (C=O) groups is 2. The molecular weight excluding hydrogens is 226 g/mol. The molecule has 0 bridgehead atoms. The van der Waals surface area contributed by atoms with Gasteiger partial charge in [0.1, 0.15) is 5.60 Å². The predicted molar refractivity (Wildman–Crippen MR) is 61.6 cm³/mol. The zero-order valence-electron chi connectivity index (χ0n) is 10.9. The van der Waals surface area contributed by atoms with Crippen molar-refractivity contribution in [2.75, 3.05) is 0 Å². The van der Waals surface area contributed by atoms with E-state index in [1.165, 1.54) is 0 Å². The summed E-state index contributed by atoms with van der Waals surface area (Å²) >= 11 is 0. The van der Waals surface area contributed by atoms with Crippen LogP contribution in [0.3, 0.4) is 0 Å². The van der Waals surface area contributed by atoms with Crippen molar-refractivity contribution in [1.29, 1.82) is 0 Å². The van der Waals surface area contributed by atoms with Crippen molar-refractivity contribution in [2.45, 2.75) is 52.4 Å². The Bertz CT molecular complexity index is 282. The lowest BCUT2D eigenvalue weighted by molar-refractivity contribution is -0.148. The SMILES string of the molecule is CC(C)[C@@H](NC(=O)OC(C)(C)C)[C@H](O)C(=O)O. The standard InChI is InChI=1S/C11H21NO5/c1-6(2)7(8(13)9(14)15)12-10(16)17-11(3,4)5/h6-8,13H,1-5H3,(H,12,16)(H,14,15)/t7-,8+/m1/s1. The molecule has 0 rings (SSSR count). The minimum absolute atomic E-state index is 0.228. The molecule has 0 saturated carbocycles. The van der Waals surface area contributed by atoms with Gasteiger partial charge in [0.15, 0.2) is 6.10 Å². The lowest BCUT2D eigenvalue weighted by Crippen LogP contribution is -2.51. The van der Waals surface area contributed by atoms with Crippen molar-refractivity contribution in [3.05, 3.63) is 0 Å². The molecular formula is C11H21NO5. The summed E-state index contributed by atoms with van der Waals surface area (Å²) in [6, 6.07) is -0.887. The van der Waals surface area contributed by atoms with E-state index in [0.717, 1.165) is 0 Å². The smallest absolute Gasteiger partial charge is 0.407 e. The van der Waals surface area contributed by atoms with Crippen molar-refractivity contribution in [3.8, 4) is 0 Å². The number of hydrogen-bond donors (Lipinski definition) is 3. The fourth-order valence-electron chi connectivity index (χ4n) is 1.21. The normalized spacial score (nSPS) is 15.2.